The first kappa shape index (κ1) is 22.9. The summed E-state index contributed by atoms with van der Waals surface area (Å²) in [6, 6.07) is 17.3. The van der Waals surface area contributed by atoms with Crippen molar-refractivity contribution >= 4 is 28.2 Å². The number of benzene rings is 2. The maximum Gasteiger partial charge on any atom is 0.426 e. The largest absolute Gasteiger partial charge is 0.488 e. The molecule has 0 aliphatic carbocycles. The Kier molecular flexibility index (Phi) is 6.44. The predicted octanol–water partition coefficient (Wildman–Crippen LogP) is 6.50. The monoisotopic (exact) mass is 475 g/mol. The summed E-state index contributed by atoms with van der Waals surface area (Å²) in [6.45, 7) is 1.35. The van der Waals surface area contributed by atoms with Gasteiger partial charge in [0.25, 0.3) is 0 Å². The molecular formula is C24H20F3NO4S. The van der Waals surface area contributed by atoms with Gasteiger partial charge in [0.05, 0.1) is 0 Å². The average Bonchev–Trinajstić information content (AvgIpc) is 3.34. The molecular weight excluding hydrogens is 455 g/mol. The van der Waals surface area contributed by atoms with Crippen LogP contribution in [0.4, 0.5) is 13.2 Å². The van der Waals surface area contributed by atoms with Gasteiger partial charge in [-0.15, -0.1) is 11.3 Å². The summed E-state index contributed by atoms with van der Waals surface area (Å²) in [5.41, 5.74) is 2.36. The Morgan fingerprint density at radius 2 is 1.79 bits per heavy atom. The molecule has 4 rings (SSSR count). The first-order valence-electron chi connectivity index (χ1n) is 9.99. The summed E-state index contributed by atoms with van der Waals surface area (Å²) >= 11 is 0.690. The van der Waals surface area contributed by atoms with Crippen LogP contribution in [0.3, 0.4) is 0 Å². The van der Waals surface area contributed by atoms with Gasteiger partial charge in [-0.1, -0.05) is 30.3 Å². The van der Waals surface area contributed by atoms with Crippen molar-refractivity contribution < 1.29 is 32.5 Å². The quantitative estimate of drug-likeness (QED) is 0.226. The van der Waals surface area contributed by atoms with Crippen LogP contribution in [0.1, 0.15) is 22.4 Å². The van der Waals surface area contributed by atoms with Crippen LogP contribution >= 0.6 is 11.3 Å². The van der Waals surface area contributed by atoms with Gasteiger partial charge in [0.2, 0.25) is 0 Å². The maximum absolute atomic E-state index is 13.6. The molecule has 0 atom stereocenters. The number of halogens is 3. The maximum atomic E-state index is 13.6. The van der Waals surface area contributed by atoms with E-state index in [0.29, 0.717) is 27.5 Å². The molecule has 2 heterocycles. The molecule has 4 aromatic rings. The third kappa shape index (κ3) is 5.20. The van der Waals surface area contributed by atoms with Crippen molar-refractivity contribution in [2.75, 3.05) is 0 Å². The van der Waals surface area contributed by atoms with E-state index in [9.17, 15) is 18.0 Å². The van der Waals surface area contributed by atoms with Crippen LogP contribution in [0.15, 0.2) is 60.7 Å². The normalized spacial score (nSPS) is 11.7. The number of alkyl halides is 3. The van der Waals surface area contributed by atoms with E-state index in [-0.39, 0.29) is 18.8 Å². The highest BCUT2D eigenvalue weighted by atomic mass is 32.1. The first-order chi connectivity index (χ1) is 15.7. The molecule has 2 aromatic carbocycles. The molecule has 0 unspecified atom stereocenters. The zero-order chi connectivity index (χ0) is 23.6. The summed E-state index contributed by atoms with van der Waals surface area (Å²) in [5.74, 6) is -0.00842. The molecule has 172 valence electrons. The number of hydrogen-bond donors (Lipinski definition) is 0. The Morgan fingerprint density at radius 3 is 2.48 bits per heavy atom. The standard InChI is InChI=1S/C24H20F3NO4S/c1-15(29)32-31-13-18-10-17-11-19(8-9-22(17)28(18)2)30-14-20-12-21(16-6-4-3-5-7-16)23(33-20)24(25,26)27/h3-12H,13-14H2,1-2H3. The number of hydrogen-bond acceptors (Lipinski definition) is 5. The zero-order valence-electron chi connectivity index (χ0n) is 17.8. The fraction of sp³-hybridized carbons (Fsp3) is 0.208. The zero-order valence-corrected chi connectivity index (χ0v) is 18.6. The lowest BCUT2D eigenvalue weighted by atomic mass is 10.1. The molecule has 0 aliphatic rings. The van der Waals surface area contributed by atoms with Gasteiger partial charge in [-0.2, -0.15) is 18.1 Å². The van der Waals surface area contributed by atoms with Crippen LogP contribution in [0, 0.1) is 0 Å². The molecule has 0 saturated heterocycles. The lowest BCUT2D eigenvalue weighted by Gasteiger charge is -2.07. The highest BCUT2D eigenvalue weighted by Gasteiger charge is 2.36. The topological polar surface area (TPSA) is 49.7 Å². The minimum absolute atomic E-state index is 0.0152. The Morgan fingerprint density at radius 1 is 1.03 bits per heavy atom. The molecule has 0 radical (unpaired) electrons. The van der Waals surface area contributed by atoms with E-state index in [4.69, 9.17) is 9.62 Å². The lowest BCUT2D eigenvalue weighted by Crippen LogP contribution is -2.03. The van der Waals surface area contributed by atoms with Gasteiger partial charge in [0, 0.05) is 41.0 Å². The second kappa shape index (κ2) is 9.29. The number of thiophene rings is 1. The van der Waals surface area contributed by atoms with Crippen LogP contribution in [-0.4, -0.2) is 10.5 Å². The SMILES string of the molecule is CC(=O)OOCc1cc2cc(OCc3cc(-c4ccccc4)c(C(F)(F)F)s3)ccc2n1C. The van der Waals surface area contributed by atoms with Gasteiger partial charge in [0.15, 0.2) is 0 Å². The molecule has 0 bridgehead atoms. The highest BCUT2D eigenvalue weighted by molar-refractivity contribution is 7.12. The molecule has 33 heavy (non-hydrogen) atoms. The Hall–Kier alpha value is -3.30. The number of fused-ring (bicyclic) bond motifs is 1. The minimum Gasteiger partial charge on any atom is -0.488 e. The average molecular weight is 475 g/mol. The van der Waals surface area contributed by atoms with Crippen LogP contribution in [-0.2, 0) is 41.0 Å². The van der Waals surface area contributed by atoms with Crippen LogP contribution < -0.4 is 4.74 Å². The number of aromatic nitrogens is 1. The van der Waals surface area contributed by atoms with Crippen molar-refractivity contribution in [3.8, 4) is 16.9 Å². The molecule has 5 nitrogen and oxygen atoms in total. The van der Waals surface area contributed by atoms with Gasteiger partial charge >= 0.3 is 12.1 Å². The molecule has 0 saturated carbocycles. The summed E-state index contributed by atoms with van der Waals surface area (Å²) in [6.07, 6.45) is -4.44. The van der Waals surface area contributed by atoms with Gasteiger partial charge in [0.1, 0.15) is 23.8 Å². The second-order valence-electron chi connectivity index (χ2n) is 7.36. The van der Waals surface area contributed by atoms with E-state index in [1.807, 2.05) is 23.7 Å². The minimum atomic E-state index is -4.44. The lowest BCUT2D eigenvalue weighted by molar-refractivity contribution is -0.278. The molecule has 0 N–H and O–H groups in total. The van der Waals surface area contributed by atoms with Crippen molar-refractivity contribution in [1.29, 1.82) is 0 Å². The van der Waals surface area contributed by atoms with Gasteiger partial charge in [-0.25, -0.2) is 4.79 Å². The molecule has 0 spiro atoms. The van der Waals surface area contributed by atoms with Crippen LogP contribution in [0.25, 0.3) is 22.0 Å². The third-order valence-electron chi connectivity index (χ3n) is 5.00. The smallest absolute Gasteiger partial charge is 0.426 e. The van der Waals surface area contributed by atoms with Crippen LogP contribution in [0.5, 0.6) is 5.75 Å². The van der Waals surface area contributed by atoms with Crippen molar-refractivity contribution in [3.63, 3.8) is 0 Å². The third-order valence-corrected chi connectivity index (χ3v) is 6.16. The fourth-order valence-corrected chi connectivity index (χ4v) is 4.46. The highest BCUT2D eigenvalue weighted by Crippen LogP contribution is 2.43. The predicted molar refractivity (Wildman–Crippen MR) is 119 cm³/mol. The molecule has 2 aromatic heterocycles. The van der Waals surface area contributed by atoms with E-state index in [1.165, 1.54) is 13.0 Å². The Bertz CT molecular complexity index is 1280. The van der Waals surface area contributed by atoms with Gasteiger partial charge in [-0.3, -0.25) is 4.89 Å². The number of carbonyl (C=O) groups is 1. The molecule has 9 heteroatoms. The van der Waals surface area contributed by atoms with E-state index < -0.39 is 17.0 Å². The summed E-state index contributed by atoms with van der Waals surface area (Å²) in [5, 5.41) is 0.864. The fourth-order valence-electron chi connectivity index (χ4n) is 3.50. The van der Waals surface area contributed by atoms with Gasteiger partial charge < -0.3 is 9.30 Å². The number of aryl methyl sites for hydroxylation is 1. The second-order valence-corrected chi connectivity index (χ2v) is 8.50. The summed E-state index contributed by atoms with van der Waals surface area (Å²) < 4.78 is 48.5. The molecule has 0 aliphatic heterocycles. The van der Waals surface area contributed by atoms with Gasteiger partial charge in [-0.05, 0) is 35.9 Å². The van der Waals surface area contributed by atoms with Crippen molar-refractivity contribution in [1.82, 2.24) is 4.57 Å². The number of rotatable bonds is 7. The Labute approximate surface area is 191 Å². The Balaban J connectivity index is 1.52. The van der Waals surface area contributed by atoms with E-state index in [1.54, 1.807) is 42.5 Å². The van der Waals surface area contributed by atoms with E-state index in [2.05, 4.69) is 4.89 Å². The number of nitrogens with zero attached hydrogens (tertiary/aromatic N) is 1. The number of carbonyl (C=O) groups excluding carboxylic acids is 1. The number of ether oxygens (including phenoxy) is 1. The van der Waals surface area contributed by atoms with Crippen molar-refractivity contribution in [3.05, 3.63) is 76.1 Å². The van der Waals surface area contributed by atoms with E-state index in [0.717, 1.165) is 16.6 Å². The summed E-state index contributed by atoms with van der Waals surface area (Å²) in [4.78, 5) is 20.1. The summed E-state index contributed by atoms with van der Waals surface area (Å²) in [7, 11) is 1.85. The molecule has 0 fully saturated rings. The van der Waals surface area contributed by atoms with Crippen molar-refractivity contribution in [2.24, 2.45) is 7.05 Å². The molecule has 0 amide bonds. The van der Waals surface area contributed by atoms with E-state index >= 15 is 0 Å². The first-order valence-corrected chi connectivity index (χ1v) is 10.8. The van der Waals surface area contributed by atoms with Crippen molar-refractivity contribution in [2.45, 2.75) is 26.3 Å². The van der Waals surface area contributed by atoms with Crippen LogP contribution in [0.2, 0.25) is 0 Å².